The van der Waals surface area contributed by atoms with Gasteiger partial charge in [-0.25, -0.2) is 0 Å². The third-order valence-corrected chi connectivity index (χ3v) is 4.81. The van der Waals surface area contributed by atoms with Crippen LogP contribution in [0.4, 0.5) is 0 Å². The zero-order valence-electron chi connectivity index (χ0n) is 11.0. The first-order valence-electron chi connectivity index (χ1n) is 5.94. The molecular weight excluding hydrogens is 416 g/mol. The van der Waals surface area contributed by atoms with E-state index in [4.69, 9.17) is 28.3 Å². The van der Waals surface area contributed by atoms with Crippen molar-refractivity contribution in [3.63, 3.8) is 0 Å². The topological polar surface area (TPSA) is 57.6 Å². The van der Waals surface area contributed by atoms with E-state index >= 15 is 0 Å². The summed E-state index contributed by atoms with van der Waals surface area (Å²) in [4.78, 5) is 24.8. The first-order chi connectivity index (χ1) is 9.27. The fourth-order valence-corrected chi connectivity index (χ4v) is 2.68. The minimum Gasteiger partial charge on any atom is -0.481 e. The molecule has 0 aromatic heterocycles. The van der Waals surface area contributed by atoms with Crippen molar-refractivity contribution in [1.29, 1.82) is 0 Å². The number of rotatable bonds is 5. The summed E-state index contributed by atoms with van der Waals surface area (Å²) in [6, 6.07) is 3.11. The van der Waals surface area contributed by atoms with E-state index in [0.717, 1.165) is 0 Å². The van der Waals surface area contributed by atoms with E-state index in [0.29, 0.717) is 25.7 Å². The number of halogens is 3. The summed E-state index contributed by atoms with van der Waals surface area (Å²) in [6.07, 6.45) is 0. The maximum atomic E-state index is 12.5. The molecule has 0 spiro atoms. The molecule has 4 nitrogen and oxygen atoms in total. The summed E-state index contributed by atoms with van der Waals surface area (Å²) in [5.41, 5.74) is 0.391. The van der Waals surface area contributed by atoms with Gasteiger partial charge in [-0.3, -0.25) is 9.59 Å². The Bertz CT molecular complexity index is 537. The van der Waals surface area contributed by atoms with Gasteiger partial charge in [0.1, 0.15) is 0 Å². The zero-order valence-corrected chi connectivity index (χ0v) is 14.7. The van der Waals surface area contributed by atoms with Gasteiger partial charge in [-0.1, -0.05) is 30.1 Å². The minimum atomic E-state index is -0.935. The molecule has 0 saturated carbocycles. The number of carboxylic acid groups (broad SMARTS) is 1. The van der Waals surface area contributed by atoms with Crippen LogP contribution < -0.4 is 0 Å². The number of amides is 1. The molecule has 1 aromatic carbocycles. The van der Waals surface area contributed by atoms with E-state index in [-0.39, 0.29) is 12.5 Å². The van der Waals surface area contributed by atoms with Crippen LogP contribution in [0.15, 0.2) is 12.1 Å². The Kier molecular flexibility index (Phi) is 6.54. The Balaban J connectivity index is 3.06. The maximum absolute atomic E-state index is 12.5. The highest BCUT2D eigenvalue weighted by Gasteiger charge is 2.23. The molecule has 1 atom stereocenters. The fourth-order valence-electron chi connectivity index (χ4n) is 1.65. The highest BCUT2D eigenvalue weighted by atomic mass is 127. The summed E-state index contributed by atoms with van der Waals surface area (Å²) in [5, 5.41) is 9.72. The van der Waals surface area contributed by atoms with Crippen molar-refractivity contribution in [2.24, 2.45) is 5.92 Å². The van der Waals surface area contributed by atoms with Gasteiger partial charge >= 0.3 is 5.97 Å². The lowest BCUT2D eigenvalue weighted by molar-refractivity contribution is -0.141. The van der Waals surface area contributed by atoms with Gasteiger partial charge in [0, 0.05) is 21.7 Å². The molecule has 1 aromatic rings. The maximum Gasteiger partial charge on any atom is 0.308 e. The van der Waals surface area contributed by atoms with E-state index in [1.165, 1.54) is 4.90 Å². The van der Waals surface area contributed by atoms with Gasteiger partial charge in [0.2, 0.25) is 0 Å². The van der Waals surface area contributed by atoms with Gasteiger partial charge in [-0.2, -0.15) is 0 Å². The molecule has 0 aliphatic heterocycles. The van der Waals surface area contributed by atoms with Crippen LogP contribution in [0.3, 0.4) is 0 Å². The molecule has 0 saturated heterocycles. The van der Waals surface area contributed by atoms with Crippen LogP contribution in [0, 0.1) is 9.49 Å². The molecular formula is C13H14Cl2INO3. The molecule has 0 fully saturated rings. The van der Waals surface area contributed by atoms with Crippen molar-refractivity contribution in [2.45, 2.75) is 13.8 Å². The van der Waals surface area contributed by atoms with E-state index in [1.807, 2.05) is 22.6 Å². The SMILES string of the molecule is CCN(CC(C)C(=O)O)C(=O)c1cc(Cl)cc(Cl)c1I. The molecule has 1 N–H and O–H groups in total. The van der Waals surface area contributed by atoms with Crippen molar-refractivity contribution in [2.75, 3.05) is 13.1 Å². The van der Waals surface area contributed by atoms with Crippen LogP contribution in [-0.2, 0) is 4.79 Å². The molecule has 7 heteroatoms. The molecule has 0 aliphatic carbocycles. The molecule has 20 heavy (non-hydrogen) atoms. The standard InChI is InChI=1S/C13H14Cl2INO3/c1-3-17(6-7(2)13(19)20)12(18)9-4-8(14)5-10(15)11(9)16/h4-5,7H,3,6H2,1-2H3,(H,19,20). The summed E-state index contributed by atoms with van der Waals surface area (Å²) >= 11 is 13.9. The number of hydrogen-bond donors (Lipinski definition) is 1. The van der Waals surface area contributed by atoms with E-state index in [9.17, 15) is 9.59 Å². The van der Waals surface area contributed by atoms with Crippen molar-refractivity contribution >= 4 is 57.7 Å². The molecule has 1 rings (SSSR count). The van der Waals surface area contributed by atoms with Crippen LogP contribution in [-0.4, -0.2) is 35.0 Å². The Hall–Kier alpha value is -0.530. The zero-order chi connectivity index (χ0) is 15.4. The molecule has 1 amide bonds. The number of hydrogen-bond acceptors (Lipinski definition) is 2. The average Bonchev–Trinajstić information content (AvgIpc) is 2.38. The number of benzene rings is 1. The van der Waals surface area contributed by atoms with Gasteiger partial charge in [-0.05, 0) is 41.6 Å². The third-order valence-electron chi connectivity index (χ3n) is 2.81. The van der Waals surface area contributed by atoms with Crippen LogP contribution in [0.5, 0.6) is 0 Å². The van der Waals surface area contributed by atoms with Crippen molar-refractivity contribution in [3.05, 3.63) is 31.3 Å². The molecule has 1 unspecified atom stereocenters. The highest BCUT2D eigenvalue weighted by Crippen LogP contribution is 2.27. The molecule has 0 aliphatic rings. The van der Waals surface area contributed by atoms with Gasteiger partial charge in [0.05, 0.1) is 16.5 Å². The second-order valence-electron chi connectivity index (χ2n) is 4.33. The number of aliphatic carboxylic acids is 1. The predicted molar refractivity (Wildman–Crippen MR) is 87.6 cm³/mol. The van der Waals surface area contributed by atoms with Gasteiger partial charge < -0.3 is 10.0 Å². The number of carboxylic acids is 1. The van der Waals surface area contributed by atoms with E-state index in [1.54, 1.807) is 26.0 Å². The lowest BCUT2D eigenvalue weighted by Crippen LogP contribution is -2.37. The van der Waals surface area contributed by atoms with Crippen molar-refractivity contribution in [1.82, 2.24) is 4.90 Å². The fraction of sp³-hybridized carbons (Fsp3) is 0.385. The average molecular weight is 430 g/mol. The lowest BCUT2D eigenvalue weighted by Gasteiger charge is -2.23. The largest absolute Gasteiger partial charge is 0.481 e. The van der Waals surface area contributed by atoms with Gasteiger partial charge in [0.15, 0.2) is 0 Å². The second kappa shape index (κ2) is 7.47. The minimum absolute atomic E-state index is 0.144. The van der Waals surface area contributed by atoms with Gasteiger partial charge in [0.25, 0.3) is 5.91 Å². The summed E-state index contributed by atoms with van der Waals surface area (Å²) < 4.78 is 0.611. The van der Waals surface area contributed by atoms with Gasteiger partial charge in [-0.15, -0.1) is 0 Å². The number of carbonyl (C=O) groups is 2. The third kappa shape index (κ3) is 4.23. The van der Waals surface area contributed by atoms with Crippen LogP contribution in [0.25, 0.3) is 0 Å². The smallest absolute Gasteiger partial charge is 0.308 e. The Morgan fingerprint density at radius 3 is 2.50 bits per heavy atom. The normalized spacial score (nSPS) is 12.1. The Morgan fingerprint density at radius 2 is 2.00 bits per heavy atom. The summed E-state index contributed by atoms with van der Waals surface area (Å²) in [7, 11) is 0. The van der Waals surface area contributed by atoms with Crippen LogP contribution >= 0.6 is 45.8 Å². The van der Waals surface area contributed by atoms with Crippen molar-refractivity contribution < 1.29 is 14.7 Å². The molecule has 0 heterocycles. The molecule has 110 valence electrons. The summed E-state index contributed by atoms with van der Waals surface area (Å²) in [5.74, 6) is -1.84. The lowest BCUT2D eigenvalue weighted by atomic mass is 10.1. The van der Waals surface area contributed by atoms with Crippen LogP contribution in [0.2, 0.25) is 10.0 Å². The van der Waals surface area contributed by atoms with E-state index < -0.39 is 11.9 Å². The number of nitrogens with zero attached hydrogens (tertiary/aromatic N) is 1. The van der Waals surface area contributed by atoms with E-state index in [2.05, 4.69) is 0 Å². The summed E-state index contributed by atoms with van der Waals surface area (Å²) in [6.45, 7) is 3.92. The highest BCUT2D eigenvalue weighted by molar-refractivity contribution is 14.1. The van der Waals surface area contributed by atoms with Crippen LogP contribution in [0.1, 0.15) is 24.2 Å². The Morgan fingerprint density at radius 1 is 1.40 bits per heavy atom. The quantitative estimate of drug-likeness (QED) is 0.572. The first kappa shape index (κ1) is 17.5. The predicted octanol–water partition coefficient (Wildman–Crippen LogP) is 3.78. The van der Waals surface area contributed by atoms with Crippen molar-refractivity contribution in [3.8, 4) is 0 Å². The Labute approximate surface area is 141 Å². The second-order valence-corrected chi connectivity index (χ2v) is 6.25. The monoisotopic (exact) mass is 429 g/mol. The first-order valence-corrected chi connectivity index (χ1v) is 7.78. The molecule has 0 bridgehead atoms. The number of carbonyl (C=O) groups excluding carboxylic acids is 1. The molecule has 0 radical (unpaired) electrons.